The summed E-state index contributed by atoms with van der Waals surface area (Å²) < 4.78 is 11.1. The van der Waals surface area contributed by atoms with E-state index < -0.39 is 0 Å². The van der Waals surface area contributed by atoms with E-state index in [1.54, 1.807) is 6.07 Å². The topological polar surface area (TPSA) is 71.0 Å². The van der Waals surface area contributed by atoms with E-state index in [1.165, 1.54) is 32.1 Å². The summed E-state index contributed by atoms with van der Waals surface area (Å²) in [5.74, 6) is 1.26. The first-order valence-electron chi connectivity index (χ1n) is 11.3. The second kappa shape index (κ2) is 11.3. The van der Waals surface area contributed by atoms with E-state index in [9.17, 15) is 9.90 Å². The number of aromatic hydroxyl groups is 1. The Bertz CT molecular complexity index is 659. The quantitative estimate of drug-likeness (QED) is 0.551. The van der Waals surface area contributed by atoms with Crippen molar-refractivity contribution in [1.82, 2.24) is 10.2 Å². The molecule has 0 spiro atoms. The van der Waals surface area contributed by atoms with Crippen LogP contribution in [-0.2, 0) is 11.2 Å². The Balaban J connectivity index is 1.59. The fourth-order valence-electron chi connectivity index (χ4n) is 4.22. The number of fused-ring (bicyclic) bond motifs is 1. The van der Waals surface area contributed by atoms with Crippen LogP contribution >= 0.6 is 0 Å². The highest BCUT2D eigenvalue weighted by atomic mass is 16.6. The first-order valence-corrected chi connectivity index (χ1v) is 11.3. The summed E-state index contributed by atoms with van der Waals surface area (Å²) in [4.78, 5) is 14.9. The predicted molar refractivity (Wildman–Crippen MR) is 114 cm³/mol. The number of carbonyl (C=O) groups excluding carboxylic acids is 1. The zero-order chi connectivity index (χ0) is 20.5. The standard InChI is InChI=1S/C23H36N2O4/c1-2-3-4-5-6-9-22(27)24-19(17-25-10-7-8-11-25)14-18-15-20(26)23-21(16-18)28-12-13-29-23/h15-16,19,26H,2-14,17H2,1H3,(H,24,27). The summed E-state index contributed by atoms with van der Waals surface area (Å²) >= 11 is 0. The van der Waals surface area contributed by atoms with Crippen molar-refractivity contribution < 1.29 is 19.4 Å². The van der Waals surface area contributed by atoms with Crippen LogP contribution in [-0.4, -0.2) is 54.8 Å². The number of unbranched alkanes of at least 4 members (excludes halogenated alkanes) is 4. The molecule has 3 rings (SSSR count). The highest BCUT2D eigenvalue weighted by Gasteiger charge is 2.22. The van der Waals surface area contributed by atoms with E-state index in [4.69, 9.17) is 9.47 Å². The molecule has 0 saturated carbocycles. The van der Waals surface area contributed by atoms with Gasteiger partial charge >= 0.3 is 0 Å². The van der Waals surface area contributed by atoms with Gasteiger partial charge in [-0.1, -0.05) is 32.6 Å². The first kappa shape index (κ1) is 21.8. The normalized spacial score (nSPS) is 17.3. The lowest BCUT2D eigenvalue weighted by atomic mass is 10.0. The molecule has 2 heterocycles. The summed E-state index contributed by atoms with van der Waals surface area (Å²) in [6, 6.07) is 3.70. The van der Waals surface area contributed by atoms with Gasteiger partial charge in [-0.05, 0) is 56.5 Å². The molecule has 1 aromatic carbocycles. The summed E-state index contributed by atoms with van der Waals surface area (Å²) in [5, 5.41) is 13.5. The Hall–Kier alpha value is -1.95. The van der Waals surface area contributed by atoms with Gasteiger partial charge in [0, 0.05) is 19.0 Å². The maximum Gasteiger partial charge on any atom is 0.220 e. The number of likely N-dealkylation sites (tertiary alicyclic amines) is 1. The van der Waals surface area contributed by atoms with Crippen LogP contribution in [0.4, 0.5) is 0 Å². The number of hydrogen-bond donors (Lipinski definition) is 2. The minimum atomic E-state index is 0.0261. The van der Waals surface area contributed by atoms with Gasteiger partial charge in [0.1, 0.15) is 13.2 Å². The molecule has 6 heteroatoms. The van der Waals surface area contributed by atoms with Gasteiger partial charge in [-0.15, -0.1) is 0 Å². The first-order chi connectivity index (χ1) is 14.2. The monoisotopic (exact) mass is 404 g/mol. The molecule has 2 aliphatic rings. The number of benzene rings is 1. The van der Waals surface area contributed by atoms with Crippen LogP contribution in [0, 0.1) is 0 Å². The van der Waals surface area contributed by atoms with Crippen LogP contribution in [0.15, 0.2) is 12.1 Å². The Morgan fingerprint density at radius 2 is 1.90 bits per heavy atom. The second-order valence-electron chi connectivity index (χ2n) is 8.28. The zero-order valence-electron chi connectivity index (χ0n) is 17.8. The Kier molecular flexibility index (Phi) is 8.47. The van der Waals surface area contributed by atoms with E-state index >= 15 is 0 Å². The fraction of sp³-hybridized carbons (Fsp3) is 0.696. The molecule has 1 atom stereocenters. The highest BCUT2D eigenvalue weighted by Crippen LogP contribution is 2.39. The number of amides is 1. The summed E-state index contributed by atoms with van der Waals surface area (Å²) in [7, 11) is 0. The smallest absolute Gasteiger partial charge is 0.220 e. The minimum Gasteiger partial charge on any atom is -0.504 e. The van der Waals surface area contributed by atoms with E-state index in [1.807, 2.05) is 6.07 Å². The molecular weight excluding hydrogens is 368 g/mol. The van der Waals surface area contributed by atoms with Crippen molar-refractivity contribution in [3.8, 4) is 17.2 Å². The molecule has 1 amide bonds. The average Bonchev–Trinajstić information content (AvgIpc) is 3.21. The molecule has 0 aliphatic carbocycles. The van der Waals surface area contributed by atoms with Gasteiger partial charge in [-0.3, -0.25) is 4.79 Å². The van der Waals surface area contributed by atoms with Gasteiger partial charge in [0.25, 0.3) is 0 Å². The van der Waals surface area contributed by atoms with Crippen LogP contribution in [0.2, 0.25) is 0 Å². The molecular formula is C23H36N2O4. The number of rotatable bonds is 11. The summed E-state index contributed by atoms with van der Waals surface area (Å²) in [5.41, 5.74) is 0.958. The molecule has 2 aliphatic heterocycles. The lowest BCUT2D eigenvalue weighted by molar-refractivity contribution is -0.122. The summed E-state index contributed by atoms with van der Waals surface area (Å²) in [6.07, 6.45) is 9.44. The van der Waals surface area contributed by atoms with Gasteiger partial charge in [0.15, 0.2) is 11.5 Å². The molecule has 0 radical (unpaired) electrons. The van der Waals surface area contributed by atoms with Crippen molar-refractivity contribution in [1.29, 1.82) is 0 Å². The lowest BCUT2D eigenvalue weighted by Gasteiger charge is -2.26. The van der Waals surface area contributed by atoms with E-state index in [0.29, 0.717) is 37.6 Å². The van der Waals surface area contributed by atoms with Gasteiger partial charge < -0.3 is 24.8 Å². The Labute approximate surface area is 174 Å². The second-order valence-corrected chi connectivity index (χ2v) is 8.28. The fourth-order valence-corrected chi connectivity index (χ4v) is 4.22. The number of ether oxygens (including phenoxy) is 2. The molecule has 1 saturated heterocycles. The molecule has 0 aromatic heterocycles. The maximum atomic E-state index is 12.5. The third kappa shape index (κ3) is 6.81. The third-order valence-corrected chi connectivity index (χ3v) is 5.71. The van der Waals surface area contributed by atoms with E-state index in [-0.39, 0.29) is 17.7 Å². The Morgan fingerprint density at radius 3 is 2.69 bits per heavy atom. The minimum absolute atomic E-state index is 0.0261. The van der Waals surface area contributed by atoms with Crippen LogP contribution in [0.1, 0.15) is 63.9 Å². The number of nitrogens with one attached hydrogen (secondary N) is 1. The van der Waals surface area contributed by atoms with E-state index in [0.717, 1.165) is 38.0 Å². The van der Waals surface area contributed by atoms with Crippen molar-refractivity contribution in [3.63, 3.8) is 0 Å². The van der Waals surface area contributed by atoms with Crippen LogP contribution in [0.25, 0.3) is 0 Å². The highest BCUT2D eigenvalue weighted by molar-refractivity contribution is 5.76. The third-order valence-electron chi connectivity index (χ3n) is 5.71. The van der Waals surface area contributed by atoms with Gasteiger partial charge in [0.05, 0.1) is 0 Å². The SMILES string of the molecule is CCCCCCCC(=O)NC(Cc1cc(O)c2c(c1)OCCO2)CN1CCCC1. The number of phenols is 1. The van der Waals surface area contributed by atoms with Crippen molar-refractivity contribution in [3.05, 3.63) is 17.7 Å². The number of nitrogens with zero attached hydrogens (tertiary/aromatic N) is 1. The maximum absolute atomic E-state index is 12.5. The molecule has 162 valence electrons. The lowest BCUT2D eigenvalue weighted by Crippen LogP contribution is -2.44. The van der Waals surface area contributed by atoms with Gasteiger partial charge in [0.2, 0.25) is 11.7 Å². The van der Waals surface area contributed by atoms with Crippen molar-refractivity contribution in [2.45, 2.75) is 70.8 Å². The Morgan fingerprint density at radius 1 is 1.14 bits per heavy atom. The number of hydrogen-bond acceptors (Lipinski definition) is 5. The van der Waals surface area contributed by atoms with Gasteiger partial charge in [-0.25, -0.2) is 0 Å². The predicted octanol–water partition coefficient (Wildman–Crippen LogP) is 3.65. The van der Waals surface area contributed by atoms with Crippen molar-refractivity contribution in [2.75, 3.05) is 32.8 Å². The van der Waals surface area contributed by atoms with E-state index in [2.05, 4.69) is 17.1 Å². The molecule has 1 unspecified atom stereocenters. The van der Waals surface area contributed by atoms with Crippen molar-refractivity contribution >= 4 is 5.91 Å². The zero-order valence-corrected chi connectivity index (χ0v) is 17.8. The number of carbonyl (C=O) groups is 1. The van der Waals surface area contributed by atoms with Crippen molar-refractivity contribution in [2.24, 2.45) is 0 Å². The number of phenolic OH excluding ortho intramolecular Hbond substituents is 1. The molecule has 6 nitrogen and oxygen atoms in total. The molecule has 0 bridgehead atoms. The largest absolute Gasteiger partial charge is 0.504 e. The molecule has 1 fully saturated rings. The van der Waals surface area contributed by atoms with Crippen LogP contribution in [0.3, 0.4) is 0 Å². The van der Waals surface area contributed by atoms with Crippen LogP contribution < -0.4 is 14.8 Å². The molecule has 2 N–H and O–H groups in total. The van der Waals surface area contributed by atoms with Crippen LogP contribution in [0.5, 0.6) is 17.2 Å². The molecule has 1 aromatic rings. The van der Waals surface area contributed by atoms with Gasteiger partial charge in [-0.2, -0.15) is 0 Å². The average molecular weight is 405 g/mol. The molecule has 29 heavy (non-hydrogen) atoms. The summed E-state index contributed by atoms with van der Waals surface area (Å²) in [6.45, 7) is 6.17.